The minimum absolute atomic E-state index is 0.00728. The van der Waals surface area contributed by atoms with Crippen molar-refractivity contribution in [1.29, 1.82) is 0 Å². The first-order chi connectivity index (χ1) is 14.0. The second kappa shape index (κ2) is 7.55. The molecule has 0 aliphatic heterocycles. The maximum atomic E-state index is 13.8. The lowest BCUT2D eigenvalue weighted by Crippen LogP contribution is -2.30. The second-order valence-electron chi connectivity index (χ2n) is 6.10. The molecular weight excluding hydrogens is 382 g/mol. The molecular formula is C20H14F2N4O3. The Balaban J connectivity index is 1.75. The molecule has 0 saturated heterocycles. The van der Waals surface area contributed by atoms with Crippen LogP contribution >= 0.6 is 0 Å². The summed E-state index contributed by atoms with van der Waals surface area (Å²) in [5.41, 5.74) is -0.851. The standard InChI is InChI=1S/C20H14F2N4O3/c21-14-7-3-8-15(22)17(14)24-19(27)25-18-13-6-1-2-9-16(13)23-20(28)26(18)11-12-5-4-10-29-12/h1-10H,11H2,(H2,24,25,27). The molecule has 2 heterocycles. The first-order valence-corrected chi connectivity index (χ1v) is 8.57. The molecule has 0 spiro atoms. The molecule has 0 atom stereocenters. The number of amides is 2. The van der Waals surface area contributed by atoms with Gasteiger partial charge in [-0.3, -0.25) is 9.88 Å². The van der Waals surface area contributed by atoms with Crippen LogP contribution in [0.5, 0.6) is 0 Å². The van der Waals surface area contributed by atoms with Gasteiger partial charge in [0.25, 0.3) is 0 Å². The number of benzene rings is 2. The number of halogens is 2. The molecule has 7 nitrogen and oxygen atoms in total. The Morgan fingerprint density at radius 1 is 1.00 bits per heavy atom. The number of rotatable bonds is 4. The first kappa shape index (κ1) is 18.4. The van der Waals surface area contributed by atoms with Gasteiger partial charge in [-0.25, -0.2) is 18.4 Å². The molecule has 146 valence electrons. The number of hydrogen-bond acceptors (Lipinski definition) is 4. The molecule has 2 aromatic carbocycles. The van der Waals surface area contributed by atoms with Gasteiger partial charge in [0.2, 0.25) is 0 Å². The number of urea groups is 1. The van der Waals surface area contributed by atoms with Crippen molar-refractivity contribution >= 4 is 28.4 Å². The van der Waals surface area contributed by atoms with Gasteiger partial charge in [-0.2, -0.15) is 4.98 Å². The minimum Gasteiger partial charge on any atom is -0.467 e. The summed E-state index contributed by atoms with van der Waals surface area (Å²) < 4.78 is 34.2. The largest absolute Gasteiger partial charge is 0.467 e. The Morgan fingerprint density at radius 3 is 2.48 bits per heavy atom. The average molecular weight is 396 g/mol. The lowest BCUT2D eigenvalue weighted by Gasteiger charge is -2.16. The molecule has 0 aliphatic rings. The van der Waals surface area contributed by atoms with Crippen LogP contribution in [0.2, 0.25) is 0 Å². The van der Waals surface area contributed by atoms with E-state index in [4.69, 9.17) is 4.42 Å². The van der Waals surface area contributed by atoms with Gasteiger partial charge in [0, 0.05) is 5.39 Å². The number of anilines is 2. The van der Waals surface area contributed by atoms with Crippen molar-refractivity contribution in [3.63, 3.8) is 0 Å². The van der Waals surface area contributed by atoms with Crippen LogP contribution in [0.15, 0.2) is 70.1 Å². The normalized spacial score (nSPS) is 10.8. The van der Waals surface area contributed by atoms with Gasteiger partial charge in [0.1, 0.15) is 28.9 Å². The van der Waals surface area contributed by atoms with Crippen LogP contribution in [0.25, 0.3) is 10.9 Å². The Kier molecular flexibility index (Phi) is 4.78. The third kappa shape index (κ3) is 3.70. The molecule has 0 fully saturated rings. The zero-order valence-electron chi connectivity index (χ0n) is 14.9. The fourth-order valence-corrected chi connectivity index (χ4v) is 2.89. The molecule has 9 heteroatoms. The highest BCUT2D eigenvalue weighted by atomic mass is 19.1. The molecule has 4 aromatic rings. The smallest absolute Gasteiger partial charge is 0.350 e. The van der Waals surface area contributed by atoms with E-state index in [1.165, 1.54) is 16.9 Å². The molecule has 0 aliphatic carbocycles. The summed E-state index contributed by atoms with van der Waals surface area (Å²) in [6, 6.07) is 12.3. The molecule has 0 saturated carbocycles. The van der Waals surface area contributed by atoms with Crippen LogP contribution in [0, 0.1) is 11.6 Å². The van der Waals surface area contributed by atoms with Crippen LogP contribution in [-0.2, 0) is 6.54 Å². The van der Waals surface area contributed by atoms with Crippen molar-refractivity contribution in [2.24, 2.45) is 0 Å². The molecule has 0 bridgehead atoms. The Bertz CT molecular complexity index is 1230. The first-order valence-electron chi connectivity index (χ1n) is 8.57. The van der Waals surface area contributed by atoms with Crippen LogP contribution in [0.4, 0.5) is 25.1 Å². The number of furan rings is 1. The molecule has 2 amide bonds. The summed E-state index contributed by atoms with van der Waals surface area (Å²) in [7, 11) is 0. The molecule has 0 radical (unpaired) electrons. The molecule has 29 heavy (non-hydrogen) atoms. The second-order valence-corrected chi connectivity index (χ2v) is 6.10. The molecule has 2 N–H and O–H groups in total. The molecule has 4 rings (SSSR count). The van der Waals surface area contributed by atoms with Crippen molar-refractivity contribution in [1.82, 2.24) is 9.55 Å². The maximum absolute atomic E-state index is 13.8. The number of hydrogen-bond donors (Lipinski definition) is 2. The monoisotopic (exact) mass is 396 g/mol. The van der Waals surface area contributed by atoms with E-state index in [9.17, 15) is 18.4 Å². The highest BCUT2D eigenvalue weighted by molar-refractivity contribution is 6.04. The van der Waals surface area contributed by atoms with Gasteiger partial charge < -0.3 is 9.73 Å². The summed E-state index contributed by atoms with van der Waals surface area (Å²) in [6.45, 7) is 0.00728. The van der Waals surface area contributed by atoms with Gasteiger partial charge >= 0.3 is 11.7 Å². The topological polar surface area (TPSA) is 89.2 Å². The quantitative estimate of drug-likeness (QED) is 0.546. The number of fused-ring (bicyclic) bond motifs is 1. The zero-order valence-corrected chi connectivity index (χ0v) is 14.9. The summed E-state index contributed by atoms with van der Waals surface area (Å²) in [5.74, 6) is -1.26. The molecule has 2 aromatic heterocycles. The number of aromatic nitrogens is 2. The Labute approximate surface area is 162 Å². The van der Waals surface area contributed by atoms with Gasteiger partial charge in [-0.1, -0.05) is 18.2 Å². The number of nitrogens with zero attached hydrogens (tertiary/aromatic N) is 2. The summed E-state index contributed by atoms with van der Waals surface area (Å²) in [4.78, 5) is 29.0. The molecule has 0 unspecified atom stereocenters. The van der Waals surface area contributed by atoms with E-state index in [2.05, 4.69) is 15.6 Å². The highest BCUT2D eigenvalue weighted by Crippen LogP contribution is 2.22. The lowest BCUT2D eigenvalue weighted by atomic mass is 10.2. The fraction of sp³-hybridized carbons (Fsp3) is 0.0500. The van der Waals surface area contributed by atoms with Crippen LogP contribution < -0.4 is 16.3 Å². The van der Waals surface area contributed by atoms with Crippen molar-refractivity contribution in [3.05, 3.63) is 88.7 Å². The van der Waals surface area contributed by atoms with Gasteiger partial charge in [0.15, 0.2) is 0 Å². The van der Waals surface area contributed by atoms with E-state index in [1.807, 2.05) is 0 Å². The summed E-state index contributed by atoms with van der Waals surface area (Å²) >= 11 is 0. The number of carbonyl (C=O) groups excluding carboxylic acids is 1. The SMILES string of the molecule is O=C(Nc1c(F)cccc1F)Nc1c2ccccc2nc(=O)n1Cc1ccco1. The number of para-hydroxylation sites is 2. The van der Waals surface area contributed by atoms with Crippen molar-refractivity contribution in [3.8, 4) is 0 Å². The zero-order chi connectivity index (χ0) is 20.4. The fourth-order valence-electron chi connectivity index (χ4n) is 2.89. The van der Waals surface area contributed by atoms with E-state index in [0.717, 1.165) is 12.1 Å². The maximum Gasteiger partial charge on any atom is 0.350 e. The van der Waals surface area contributed by atoms with E-state index < -0.39 is 29.0 Å². The van der Waals surface area contributed by atoms with E-state index >= 15 is 0 Å². The summed E-state index contributed by atoms with van der Waals surface area (Å²) in [6.07, 6.45) is 1.45. The summed E-state index contributed by atoms with van der Waals surface area (Å²) in [5, 5.41) is 5.12. The lowest BCUT2D eigenvalue weighted by molar-refractivity contribution is 0.261. The van der Waals surface area contributed by atoms with Crippen molar-refractivity contribution in [2.75, 3.05) is 10.6 Å². The third-order valence-electron chi connectivity index (χ3n) is 4.20. The van der Waals surface area contributed by atoms with Crippen molar-refractivity contribution in [2.45, 2.75) is 6.54 Å². The van der Waals surface area contributed by atoms with Crippen LogP contribution in [0.3, 0.4) is 0 Å². The van der Waals surface area contributed by atoms with Crippen molar-refractivity contribution < 1.29 is 18.0 Å². The Morgan fingerprint density at radius 2 is 1.76 bits per heavy atom. The number of carbonyl (C=O) groups is 1. The van der Waals surface area contributed by atoms with Gasteiger partial charge in [-0.05, 0) is 36.4 Å². The van der Waals surface area contributed by atoms with Crippen LogP contribution in [0.1, 0.15) is 5.76 Å². The van der Waals surface area contributed by atoms with Crippen LogP contribution in [-0.4, -0.2) is 15.6 Å². The predicted molar refractivity (Wildman–Crippen MR) is 103 cm³/mol. The highest BCUT2D eigenvalue weighted by Gasteiger charge is 2.17. The predicted octanol–water partition coefficient (Wildman–Crippen LogP) is 3.96. The minimum atomic E-state index is -0.923. The third-order valence-corrected chi connectivity index (χ3v) is 4.20. The van der Waals surface area contributed by atoms with E-state index in [0.29, 0.717) is 16.7 Å². The average Bonchev–Trinajstić information content (AvgIpc) is 3.21. The van der Waals surface area contributed by atoms with Gasteiger partial charge in [-0.15, -0.1) is 0 Å². The Hall–Kier alpha value is -4.01. The van der Waals surface area contributed by atoms with E-state index in [-0.39, 0.29) is 12.4 Å². The van der Waals surface area contributed by atoms with Gasteiger partial charge in [0.05, 0.1) is 18.3 Å². The van der Waals surface area contributed by atoms with E-state index in [1.54, 1.807) is 36.4 Å². The number of nitrogens with one attached hydrogen (secondary N) is 2.